The van der Waals surface area contributed by atoms with Gasteiger partial charge in [0.05, 0.1) is 13.2 Å². The molecule has 0 saturated heterocycles. The molecule has 3 aromatic rings. The van der Waals surface area contributed by atoms with Crippen LogP contribution in [0.15, 0.2) is 67.0 Å². The molecule has 32 heavy (non-hydrogen) atoms. The number of nitrogens with zero attached hydrogens (tertiary/aromatic N) is 1. The number of benzene rings is 2. The standard InChI is InChI=1S/C26H28N2O4/c1-26(2,3)19-7-10-21-22(15-19)31-16-23(32-21)25(29)28-24(18-11-13-27-14-12-18)17-5-8-20(30-4)9-6-17/h5-15,23-24H,16H2,1-4H3,(H,28,29). The van der Waals surface area contributed by atoms with Crippen LogP contribution < -0.4 is 19.5 Å². The van der Waals surface area contributed by atoms with E-state index >= 15 is 0 Å². The second-order valence-corrected chi connectivity index (χ2v) is 8.82. The van der Waals surface area contributed by atoms with E-state index in [1.807, 2.05) is 54.6 Å². The van der Waals surface area contributed by atoms with Gasteiger partial charge < -0.3 is 19.5 Å². The molecule has 166 valence electrons. The van der Waals surface area contributed by atoms with E-state index in [0.29, 0.717) is 11.5 Å². The highest BCUT2D eigenvalue weighted by molar-refractivity contribution is 5.82. The van der Waals surface area contributed by atoms with Crippen molar-refractivity contribution in [3.63, 3.8) is 0 Å². The number of hydrogen-bond donors (Lipinski definition) is 1. The summed E-state index contributed by atoms with van der Waals surface area (Å²) in [7, 11) is 1.62. The van der Waals surface area contributed by atoms with Gasteiger partial charge in [-0.25, -0.2) is 0 Å². The summed E-state index contributed by atoms with van der Waals surface area (Å²) in [5.74, 6) is 1.76. The van der Waals surface area contributed by atoms with E-state index in [2.05, 4.69) is 31.1 Å². The van der Waals surface area contributed by atoms with Crippen LogP contribution in [0.3, 0.4) is 0 Å². The van der Waals surface area contributed by atoms with Crippen molar-refractivity contribution in [2.75, 3.05) is 13.7 Å². The number of pyridine rings is 1. The van der Waals surface area contributed by atoms with E-state index in [-0.39, 0.29) is 24.0 Å². The highest BCUT2D eigenvalue weighted by Crippen LogP contribution is 2.36. The molecule has 0 spiro atoms. The fourth-order valence-electron chi connectivity index (χ4n) is 3.61. The van der Waals surface area contributed by atoms with Gasteiger partial charge in [0.2, 0.25) is 6.10 Å². The Bertz CT molecular complexity index is 1080. The van der Waals surface area contributed by atoms with Gasteiger partial charge in [-0.2, -0.15) is 0 Å². The molecule has 0 fully saturated rings. The van der Waals surface area contributed by atoms with Crippen molar-refractivity contribution >= 4 is 5.91 Å². The van der Waals surface area contributed by atoms with Crippen molar-refractivity contribution in [1.82, 2.24) is 10.3 Å². The van der Waals surface area contributed by atoms with Crippen LogP contribution in [0.4, 0.5) is 0 Å². The minimum Gasteiger partial charge on any atom is -0.497 e. The highest BCUT2D eigenvalue weighted by Gasteiger charge is 2.30. The van der Waals surface area contributed by atoms with E-state index in [1.165, 1.54) is 0 Å². The predicted molar refractivity (Wildman–Crippen MR) is 122 cm³/mol. The molecule has 6 nitrogen and oxygen atoms in total. The van der Waals surface area contributed by atoms with Crippen molar-refractivity contribution in [3.05, 3.63) is 83.7 Å². The summed E-state index contributed by atoms with van der Waals surface area (Å²) < 4.78 is 17.2. The van der Waals surface area contributed by atoms with Gasteiger partial charge >= 0.3 is 0 Å². The lowest BCUT2D eigenvalue weighted by molar-refractivity contribution is -0.130. The first-order valence-electron chi connectivity index (χ1n) is 10.6. The Morgan fingerprint density at radius 3 is 2.38 bits per heavy atom. The van der Waals surface area contributed by atoms with Gasteiger partial charge in [0.25, 0.3) is 5.91 Å². The molecular formula is C26H28N2O4. The topological polar surface area (TPSA) is 69.7 Å². The Morgan fingerprint density at radius 1 is 1.03 bits per heavy atom. The summed E-state index contributed by atoms with van der Waals surface area (Å²) in [6, 6.07) is 16.9. The number of fused-ring (bicyclic) bond motifs is 1. The lowest BCUT2D eigenvalue weighted by Crippen LogP contribution is -2.45. The average molecular weight is 433 g/mol. The smallest absolute Gasteiger partial charge is 0.265 e. The zero-order valence-electron chi connectivity index (χ0n) is 18.8. The second kappa shape index (κ2) is 8.91. The van der Waals surface area contributed by atoms with E-state index < -0.39 is 6.10 Å². The number of ether oxygens (including phenoxy) is 3. The van der Waals surface area contributed by atoms with Gasteiger partial charge in [0.1, 0.15) is 12.4 Å². The molecule has 1 aliphatic rings. The molecule has 0 saturated carbocycles. The molecule has 0 bridgehead atoms. The third-order valence-corrected chi connectivity index (χ3v) is 5.54. The number of rotatable bonds is 5. The Balaban J connectivity index is 1.54. The van der Waals surface area contributed by atoms with Crippen molar-refractivity contribution < 1.29 is 19.0 Å². The van der Waals surface area contributed by atoms with Gasteiger partial charge in [-0.3, -0.25) is 9.78 Å². The fourth-order valence-corrected chi connectivity index (χ4v) is 3.61. The maximum atomic E-state index is 13.2. The van der Waals surface area contributed by atoms with Crippen LogP contribution in [-0.2, 0) is 10.2 Å². The Labute approximate surface area is 188 Å². The minimum absolute atomic E-state index is 0.00272. The quantitative estimate of drug-likeness (QED) is 0.646. The first kappa shape index (κ1) is 21.7. The normalized spacial score (nSPS) is 16.2. The zero-order valence-corrected chi connectivity index (χ0v) is 18.8. The van der Waals surface area contributed by atoms with Crippen LogP contribution >= 0.6 is 0 Å². The summed E-state index contributed by atoms with van der Waals surface area (Å²) in [5.41, 5.74) is 3.01. The van der Waals surface area contributed by atoms with E-state index in [9.17, 15) is 4.79 Å². The number of carbonyl (C=O) groups is 1. The molecule has 0 radical (unpaired) electrons. The van der Waals surface area contributed by atoms with Crippen LogP contribution in [0.5, 0.6) is 17.2 Å². The Hall–Kier alpha value is -3.54. The molecule has 2 aromatic carbocycles. The zero-order chi connectivity index (χ0) is 22.7. The van der Waals surface area contributed by atoms with E-state index in [4.69, 9.17) is 14.2 Å². The van der Waals surface area contributed by atoms with Crippen molar-refractivity contribution in [2.24, 2.45) is 0 Å². The molecule has 6 heteroatoms. The van der Waals surface area contributed by atoms with Gasteiger partial charge in [-0.05, 0) is 58.5 Å². The molecule has 1 amide bonds. The van der Waals surface area contributed by atoms with Gasteiger partial charge in [0.15, 0.2) is 11.5 Å². The highest BCUT2D eigenvalue weighted by atomic mass is 16.6. The van der Waals surface area contributed by atoms with Crippen molar-refractivity contribution in [2.45, 2.75) is 38.3 Å². The number of aromatic nitrogens is 1. The molecule has 2 unspecified atom stereocenters. The largest absolute Gasteiger partial charge is 0.497 e. The lowest BCUT2D eigenvalue weighted by Gasteiger charge is -2.29. The van der Waals surface area contributed by atoms with Crippen LogP contribution in [0.1, 0.15) is 43.5 Å². The number of carbonyl (C=O) groups excluding carboxylic acids is 1. The van der Waals surface area contributed by atoms with Crippen LogP contribution in [-0.4, -0.2) is 30.7 Å². The van der Waals surface area contributed by atoms with E-state index in [0.717, 1.165) is 22.4 Å². The van der Waals surface area contributed by atoms with Gasteiger partial charge in [-0.1, -0.05) is 39.0 Å². The van der Waals surface area contributed by atoms with Crippen LogP contribution in [0.25, 0.3) is 0 Å². The molecule has 4 rings (SSSR count). The van der Waals surface area contributed by atoms with Crippen molar-refractivity contribution in [3.8, 4) is 17.2 Å². The molecule has 1 N–H and O–H groups in total. The number of hydrogen-bond acceptors (Lipinski definition) is 5. The Kier molecular flexibility index (Phi) is 6.04. The molecule has 2 heterocycles. The molecule has 1 aliphatic heterocycles. The maximum Gasteiger partial charge on any atom is 0.265 e. The summed E-state index contributed by atoms with van der Waals surface area (Å²) in [4.78, 5) is 17.2. The molecule has 2 atom stereocenters. The number of amides is 1. The maximum absolute atomic E-state index is 13.2. The molecule has 1 aromatic heterocycles. The minimum atomic E-state index is -0.745. The monoisotopic (exact) mass is 432 g/mol. The summed E-state index contributed by atoms with van der Waals surface area (Å²) in [6.07, 6.45) is 2.67. The summed E-state index contributed by atoms with van der Waals surface area (Å²) in [6.45, 7) is 6.59. The fraction of sp³-hybridized carbons (Fsp3) is 0.308. The molecule has 0 aliphatic carbocycles. The van der Waals surface area contributed by atoms with Crippen molar-refractivity contribution in [1.29, 1.82) is 0 Å². The predicted octanol–water partition coefficient (Wildman–Crippen LogP) is 4.43. The molecular weight excluding hydrogens is 404 g/mol. The SMILES string of the molecule is COc1ccc(C(NC(=O)C2COc3cc(C(C)(C)C)ccc3O2)c2ccncc2)cc1. The Morgan fingerprint density at radius 2 is 1.72 bits per heavy atom. The van der Waals surface area contributed by atoms with Crippen LogP contribution in [0, 0.1) is 0 Å². The third-order valence-electron chi connectivity index (χ3n) is 5.54. The average Bonchev–Trinajstić information content (AvgIpc) is 2.81. The van der Waals surface area contributed by atoms with E-state index in [1.54, 1.807) is 19.5 Å². The van der Waals surface area contributed by atoms with Gasteiger partial charge in [-0.15, -0.1) is 0 Å². The second-order valence-electron chi connectivity index (χ2n) is 8.82. The first-order chi connectivity index (χ1) is 15.3. The number of nitrogens with one attached hydrogen (secondary N) is 1. The van der Waals surface area contributed by atoms with Gasteiger partial charge in [0, 0.05) is 12.4 Å². The number of methoxy groups -OCH3 is 1. The first-order valence-corrected chi connectivity index (χ1v) is 10.6. The lowest BCUT2D eigenvalue weighted by atomic mass is 9.87. The summed E-state index contributed by atoms with van der Waals surface area (Å²) in [5, 5.41) is 3.11. The third kappa shape index (κ3) is 4.69. The van der Waals surface area contributed by atoms with Crippen LogP contribution in [0.2, 0.25) is 0 Å². The summed E-state index contributed by atoms with van der Waals surface area (Å²) >= 11 is 0.